The maximum atomic E-state index is 9.89. The highest BCUT2D eigenvalue weighted by molar-refractivity contribution is 5.37. The van der Waals surface area contributed by atoms with Crippen molar-refractivity contribution < 1.29 is 5.11 Å². The van der Waals surface area contributed by atoms with E-state index < -0.39 is 0 Å². The summed E-state index contributed by atoms with van der Waals surface area (Å²) in [6, 6.07) is 0. The molecule has 0 spiro atoms. The Morgan fingerprint density at radius 2 is 1.67 bits per heavy atom. The van der Waals surface area contributed by atoms with Crippen LogP contribution in [-0.4, -0.2) is 5.11 Å². The molecular formula is C14H24O. The first-order chi connectivity index (χ1) is 6.59. The Kier molecular flexibility index (Phi) is 3.04. The molecule has 0 aliphatic heterocycles. The van der Waals surface area contributed by atoms with E-state index >= 15 is 0 Å². The largest absolute Gasteiger partial charge is 0.508 e. The van der Waals surface area contributed by atoms with Crippen molar-refractivity contribution >= 4 is 0 Å². The molecule has 0 aromatic rings. The van der Waals surface area contributed by atoms with Crippen molar-refractivity contribution in [2.24, 2.45) is 10.8 Å². The van der Waals surface area contributed by atoms with Gasteiger partial charge in [0.25, 0.3) is 0 Å². The summed E-state index contributed by atoms with van der Waals surface area (Å²) in [4.78, 5) is 0. The maximum Gasteiger partial charge on any atom is 0.115 e. The summed E-state index contributed by atoms with van der Waals surface area (Å²) in [6.07, 6.45) is 3.89. The maximum absolute atomic E-state index is 9.89. The van der Waals surface area contributed by atoms with Crippen molar-refractivity contribution in [3.63, 3.8) is 0 Å². The van der Waals surface area contributed by atoms with E-state index in [9.17, 15) is 5.11 Å². The Labute approximate surface area is 93.9 Å². The second kappa shape index (κ2) is 3.70. The molecule has 0 unspecified atom stereocenters. The smallest absolute Gasteiger partial charge is 0.115 e. The van der Waals surface area contributed by atoms with Gasteiger partial charge >= 0.3 is 0 Å². The highest BCUT2D eigenvalue weighted by Gasteiger charge is 2.26. The fourth-order valence-corrected chi connectivity index (χ4v) is 1.91. The van der Waals surface area contributed by atoms with E-state index in [-0.39, 0.29) is 10.8 Å². The molecule has 15 heavy (non-hydrogen) atoms. The van der Waals surface area contributed by atoms with Crippen LogP contribution < -0.4 is 0 Å². The minimum Gasteiger partial charge on any atom is -0.508 e. The van der Waals surface area contributed by atoms with Crippen LogP contribution in [0.2, 0.25) is 0 Å². The van der Waals surface area contributed by atoms with Gasteiger partial charge in [-0.1, -0.05) is 47.1 Å². The van der Waals surface area contributed by atoms with Crippen LogP contribution in [-0.2, 0) is 0 Å². The molecule has 0 aromatic heterocycles. The molecule has 1 rings (SSSR count). The van der Waals surface area contributed by atoms with Gasteiger partial charge in [-0.25, -0.2) is 0 Å². The summed E-state index contributed by atoms with van der Waals surface area (Å²) < 4.78 is 0. The molecule has 0 radical (unpaired) electrons. The van der Waals surface area contributed by atoms with E-state index in [1.165, 1.54) is 11.1 Å². The third-order valence-corrected chi connectivity index (χ3v) is 2.78. The summed E-state index contributed by atoms with van der Waals surface area (Å²) >= 11 is 0. The fraction of sp³-hybridized carbons (Fsp3) is 0.714. The summed E-state index contributed by atoms with van der Waals surface area (Å²) in [5, 5.41) is 9.89. The third-order valence-electron chi connectivity index (χ3n) is 2.78. The van der Waals surface area contributed by atoms with E-state index in [0.29, 0.717) is 5.76 Å². The zero-order valence-corrected chi connectivity index (χ0v) is 10.9. The Morgan fingerprint density at radius 1 is 1.13 bits per heavy atom. The molecule has 0 heterocycles. The average molecular weight is 208 g/mol. The van der Waals surface area contributed by atoms with E-state index in [1.54, 1.807) is 0 Å². The van der Waals surface area contributed by atoms with Crippen LogP contribution >= 0.6 is 0 Å². The second-order valence-electron chi connectivity index (χ2n) is 6.82. The highest BCUT2D eigenvalue weighted by atomic mass is 16.3. The van der Waals surface area contributed by atoms with Crippen molar-refractivity contribution in [3.05, 3.63) is 23.0 Å². The molecule has 1 nitrogen and oxygen atoms in total. The highest BCUT2D eigenvalue weighted by Crippen LogP contribution is 2.40. The normalized spacial score (nSPS) is 18.4. The van der Waals surface area contributed by atoms with Crippen molar-refractivity contribution in [3.8, 4) is 0 Å². The predicted octanol–water partition coefficient (Wildman–Crippen LogP) is 4.61. The molecule has 86 valence electrons. The van der Waals surface area contributed by atoms with Crippen LogP contribution in [0.3, 0.4) is 0 Å². The number of hydrogen-bond donors (Lipinski definition) is 1. The van der Waals surface area contributed by atoms with Crippen LogP contribution in [0.15, 0.2) is 23.0 Å². The first kappa shape index (κ1) is 12.4. The second-order valence-corrected chi connectivity index (χ2v) is 6.82. The lowest BCUT2D eigenvalue weighted by atomic mass is 9.82. The van der Waals surface area contributed by atoms with Crippen molar-refractivity contribution in [1.29, 1.82) is 0 Å². The van der Waals surface area contributed by atoms with Crippen LogP contribution in [0, 0.1) is 10.8 Å². The lowest BCUT2D eigenvalue weighted by Crippen LogP contribution is -2.10. The van der Waals surface area contributed by atoms with Crippen LogP contribution in [0.1, 0.15) is 54.4 Å². The molecule has 1 heteroatoms. The topological polar surface area (TPSA) is 20.2 Å². The molecule has 0 aromatic carbocycles. The van der Waals surface area contributed by atoms with E-state index in [4.69, 9.17) is 0 Å². The molecule has 0 saturated carbocycles. The van der Waals surface area contributed by atoms with Crippen LogP contribution in [0.25, 0.3) is 0 Å². The average Bonchev–Trinajstić information content (AvgIpc) is 2.27. The number of hydrogen-bond acceptors (Lipinski definition) is 1. The van der Waals surface area contributed by atoms with Gasteiger partial charge in [0, 0.05) is 0 Å². The summed E-state index contributed by atoms with van der Waals surface area (Å²) in [6.45, 7) is 13.2. The summed E-state index contributed by atoms with van der Waals surface area (Å²) in [7, 11) is 0. The van der Waals surface area contributed by atoms with Crippen molar-refractivity contribution in [2.75, 3.05) is 0 Å². The quantitative estimate of drug-likeness (QED) is 0.667. The Bertz CT molecular complexity index is 305. The number of rotatable bonds is 1. The molecule has 0 amide bonds. The van der Waals surface area contributed by atoms with Gasteiger partial charge in [0.1, 0.15) is 5.76 Å². The van der Waals surface area contributed by atoms with Gasteiger partial charge in [0.05, 0.1) is 0 Å². The standard InChI is InChI=1S/C14H24O/c1-13(2,3)9-10-7-11(8-12(10)15)14(4,5)6/h8,15H,7,9H2,1-6H3. The number of allylic oxidation sites excluding steroid dienone is 3. The molecule has 0 atom stereocenters. The first-order valence-electron chi connectivity index (χ1n) is 5.72. The summed E-state index contributed by atoms with van der Waals surface area (Å²) in [5.41, 5.74) is 2.98. The Morgan fingerprint density at radius 3 is 2.00 bits per heavy atom. The SMILES string of the molecule is CC(C)(C)CC1=C(O)C=C(C(C)(C)C)C1. The molecular weight excluding hydrogens is 184 g/mol. The molecule has 1 aliphatic carbocycles. The molecule has 1 aliphatic rings. The lowest BCUT2D eigenvalue weighted by molar-refractivity contribution is 0.379. The van der Waals surface area contributed by atoms with Crippen molar-refractivity contribution in [1.82, 2.24) is 0 Å². The van der Waals surface area contributed by atoms with E-state index in [2.05, 4.69) is 41.5 Å². The number of aliphatic hydroxyl groups excluding tert-OH is 1. The first-order valence-corrected chi connectivity index (χ1v) is 5.72. The van der Waals surface area contributed by atoms with Gasteiger partial charge in [-0.2, -0.15) is 0 Å². The monoisotopic (exact) mass is 208 g/mol. The fourth-order valence-electron chi connectivity index (χ4n) is 1.91. The third kappa shape index (κ3) is 3.40. The van der Waals surface area contributed by atoms with Crippen molar-refractivity contribution in [2.45, 2.75) is 54.4 Å². The minimum absolute atomic E-state index is 0.174. The lowest BCUT2D eigenvalue weighted by Gasteiger charge is -2.23. The van der Waals surface area contributed by atoms with Gasteiger partial charge < -0.3 is 5.11 Å². The van der Waals surface area contributed by atoms with E-state index in [1.807, 2.05) is 6.08 Å². The van der Waals surface area contributed by atoms with Crippen LogP contribution in [0.4, 0.5) is 0 Å². The Hall–Kier alpha value is -0.720. The molecule has 0 bridgehead atoms. The van der Waals surface area contributed by atoms with Gasteiger partial charge in [-0.15, -0.1) is 0 Å². The minimum atomic E-state index is 0.174. The van der Waals surface area contributed by atoms with Gasteiger partial charge in [0.15, 0.2) is 0 Å². The zero-order chi connectivity index (χ0) is 11.9. The van der Waals surface area contributed by atoms with Gasteiger partial charge in [-0.05, 0) is 35.3 Å². The predicted molar refractivity (Wildman–Crippen MR) is 65.9 cm³/mol. The zero-order valence-electron chi connectivity index (χ0n) is 10.9. The van der Waals surface area contributed by atoms with Gasteiger partial charge in [0.2, 0.25) is 0 Å². The Balaban J connectivity index is 2.74. The van der Waals surface area contributed by atoms with E-state index in [0.717, 1.165) is 12.8 Å². The van der Waals surface area contributed by atoms with Gasteiger partial charge in [-0.3, -0.25) is 0 Å². The molecule has 0 saturated heterocycles. The molecule has 1 N–H and O–H groups in total. The van der Waals surface area contributed by atoms with Crippen LogP contribution in [0.5, 0.6) is 0 Å². The molecule has 0 fully saturated rings. The number of aliphatic hydroxyl groups is 1. The summed E-state index contributed by atoms with van der Waals surface area (Å²) in [5.74, 6) is 0.509.